The second-order valence-electron chi connectivity index (χ2n) is 6.09. The van der Waals surface area contributed by atoms with E-state index in [2.05, 4.69) is 10.2 Å². The maximum atomic E-state index is 12.5. The molecule has 2 aliphatic rings. The topological polar surface area (TPSA) is 52.7 Å². The van der Waals surface area contributed by atoms with E-state index in [1.807, 2.05) is 18.7 Å². The third-order valence-electron chi connectivity index (χ3n) is 4.35. The van der Waals surface area contributed by atoms with Gasteiger partial charge in [-0.25, -0.2) is 0 Å². The number of alkyl halides is 2. The van der Waals surface area contributed by atoms with Gasteiger partial charge in [0.1, 0.15) is 4.33 Å². The third-order valence-corrected chi connectivity index (χ3v) is 5.45. The minimum Gasteiger partial charge on any atom is -0.355 e. The maximum Gasteiger partial charge on any atom is 0.234 e. The summed E-state index contributed by atoms with van der Waals surface area (Å²) in [5, 5.41) is 2.80. The van der Waals surface area contributed by atoms with Crippen LogP contribution in [-0.4, -0.2) is 65.2 Å². The minimum absolute atomic E-state index is 0.0342. The summed E-state index contributed by atoms with van der Waals surface area (Å²) in [4.78, 5) is 28.1. The molecule has 2 rings (SSSR count). The highest BCUT2D eigenvalue weighted by molar-refractivity contribution is 6.53. The van der Waals surface area contributed by atoms with Crippen LogP contribution in [0.3, 0.4) is 0 Å². The van der Waals surface area contributed by atoms with Crippen molar-refractivity contribution in [3.05, 3.63) is 0 Å². The summed E-state index contributed by atoms with van der Waals surface area (Å²) in [7, 11) is 0. The Morgan fingerprint density at radius 2 is 1.86 bits per heavy atom. The predicted octanol–water partition coefficient (Wildman–Crippen LogP) is 1.24. The molecule has 2 fully saturated rings. The van der Waals surface area contributed by atoms with Gasteiger partial charge < -0.3 is 10.2 Å². The molecule has 0 aromatic carbocycles. The first-order valence-electron chi connectivity index (χ1n) is 7.46. The molecule has 2 amide bonds. The van der Waals surface area contributed by atoms with E-state index in [0.29, 0.717) is 39.1 Å². The number of nitrogens with one attached hydrogen (secondary N) is 1. The van der Waals surface area contributed by atoms with Crippen LogP contribution in [0, 0.1) is 5.41 Å². The average Bonchev–Trinajstić information content (AvgIpc) is 3.00. The third kappa shape index (κ3) is 3.63. The van der Waals surface area contributed by atoms with Crippen LogP contribution in [-0.2, 0) is 9.59 Å². The van der Waals surface area contributed by atoms with E-state index in [-0.39, 0.29) is 11.8 Å². The second-order valence-corrected chi connectivity index (χ2v) is 7.57. The van der Waals surface area contributed by atoms with Gasteiger partial charge in [-0.2, -0.15) is 0 Å². The number of nitrogens with zero attached hydrogens (tertiary/aromatic N) is 2. The Kier molecular flexibility index (Phi) is 5.06. The standard InChI is InChI=1S/C14H23Cl2N3O2/c1-3-17-11(20)9-18-5-4-6-19(8-7-18)12(21)13(2)10-14(13,15)16/h3-10H2,1-2H3,(H,17,20)/t13-/m0/s1. The minimum atomic E-state index is -0.920. The Morgan fingerprint density at radius 3 is 2.43 bits per heavy atom. The molecule has 1 heterocycles. The lowest BCUT2D eigenvalue weighted by Gasteiger charge is -2.25. The van der Waals surface area contributed by atoms with Gasteiger partial charge in [0.2, 0.25) is 11.8 Å². The Bertz CT molecular complexity index is 430. The Morgan fingerprint density at radius 1 is 1.19 bits per heavy atom. The van der Waals surface area contributed by atoms with E-state index >= 15 is 0 Å². The lowest BCUT2D eigenvalue weighted by Crippen LogP contribution is -2.42. The molecule has 120 valence electrons. The van der Waals surface area contributed by atoms with E-state index in [9.17, 15) is 9.59 Å². The van der Waals surface area contributed by atoms with Crippen LogP contribution in [0.25, 0.3) is 0 Å². The predicted molar refractivity (Wildman–Crippen MR) is 83.5 cm³/mol. The Hall–Kier alpha value is -0.520. The summed E-state index contributed by atoms with van der Waals surface area (Å²) in [6, 6.07) is 0. The quantitative estimate of drug-likeness (QED) is 0.786. The van der Waals surface area contributed by atoms with Crippen LogP contribution in [0.5, 0.6) is 0 Å². The zero-order valence-electron chi connectivity index (χ0n) is 12.6. The van der Waals surface area contributed by atoms with Gasteiger partial charge in [-0.15, -0.1) is 23.2 Å². The number of halogens is 2. The first kappa shape index (κ1) is 16.8. The van der Waals surface area contributed by atoms with Crippen molar-refractivity contribution in [2.24, 2.45) is 5.41 Å². The second kappa shape index (κ2) is 6.31. The molecule has 1 aliphatic carbocycles. The smallest absolute Gasteiger partial charge is 0.234 e. The normalized spacial score (nSPS) is 28.9. The van der Waals surface area contributed by atoms with Crippen LogP contribution in [0.2, 0.25) is 0 Å². The molecule has 1 saturated heterocycles. The Labute approximate surface area is 135 Å². The van der Waals surface area contributed by atoms with E-state index in [1.165, 1.54) is 0 Å². The fourth-order valence-electron chi connectivity index (χ4n) is 2.77. The fourth-order valence-corrected chi connectivity index (χ4v) is 3.47. The zero-order chi connectivity index (χ0) is 15.7. The van der Waals surface area contributed by atoms with Gasteiger partial charge in [-0.3, -0.25) is 14.5 Å². The van der Waals surface area contributed by atoms with Crippen LogP contribution in [0.15, 0.2) is 0 Å². The van der Waals surface area contributed by atoms with Crippen molar-refractivity contribution >= 4 is 35.0 Å². The number of carbonyl (C=O) groups is 2. The molecule has 1 aliphatic heterocycles. The van der Waals surface area contributed by atoms with Gasteiger partial charge in [0.25, 0.3) is 0 Å². The molecule has 0 spiro atoms. The SMILES string of the molecule is CCNC(=O)CN1CCCN(C(=O)[C@]2(C)CC2(Cl)Cl)CC1. The van der Waals surface area contributed by atoms with Gasteiger partial charge in [-0.05, 0) is 26.7 Å². The number of carbonyl (C=O) groups excluding carboxylic acids is 2. The molecule has 0 aromatic heterocycles. The van der Waals surface area contributed by atoms with Gasteiger partial charge in [0.05, 0.1) is 12.0 Å². The first-order chi connectivity index (χ1) is 9.80. The highest BCUT2D eigenvalue weighted by atomic mass is 35.5. The molecule has 7 heteroatoms. The summed E-state index contributed by atoms with van der Waals surface area (Å²) < 4.78 is -0.920. The van der Waals surface area contributed by atoms with Crippen LogP contribution >= 0.6 is 23.2 Å². The van der Waals surface area contributed by atoms with Crippen molar-refractivity contribution < 1.29 is 9.59 Å². The summed E-state index contributed by atoms with van der Waals surface area (Å²) in [6.45, 7) is 7.61. The average molecular weight is 336 g/mol. The van der Waals surface area contributed by atoms with Crippen LogP contribution in [0.1, 0.15) is 26.7 Å². The van der Waals surface area contributed by atoms with Crippen molar-refractivity contribution in [1.29, 1.82) is 0 Å². The number of hydrogen-bond acceptors (Lipinski definition) is 3. The van der Waals surface area contributed by atoms with Crippen molar-refractivity contribution in [3.8, 4) is 0 Å². The van der Waals surface area contributed by atoms with Crippen molar-refractivity contribution in [1.82, 2.24) is 15.1 Å². The summed E-state index contributed by atoms with van der Waals surface area (Å²) in [5.74, 6) is 0.0688. The summed E-state index contributed by atoms with van der Waals surface area (Å²) in [6.07, 6.45) is 1.37. The summed E-state index contributed by atoms with van der Waals surface area (Å²) in [5.41, 5.74) is -0.648. The van der Waals surface area contributed by atoms with Crippen molar-refractivity contribution in [3.63, 3.8) is 0 Å². The molecule has 0 radical (unpaired) electrons. The van der Waals surface area contributed by atoms with E-state index in [1.54, 1.807) is 0 Å². The molecular weight excluding hydrogens is 313 g/mol. The summed E-state index contributed by atoms with van der Waals surface area (Å²) >= 11 is 12.2. The van der Waals surface area contributed by atoms with E-state index < -0.39 is 9.75 Å². The van der Waals surface area contributed by atoms with E-state index in [4.69, 9.17) is 23.2 Å². The first-order valence-corrected chi connectivity index (χ1v) is 8.22. The monoisotopic (exact) mass is 335 g/mol. The number of likely N-dealkylation sites (N-methyl/N-ethyl adjacent to an activating group) is 1. The van der Waals surface area contributed by atoms with E-state index in [0.717, 1.165) is 13.0 Å². The molecule has 21 heavy (non-hydrogen) atoms. The lowest BCUT2D eigenvalue weighted by atomic mass is 10.1. The number of rotatable bonds is 4. The zero-order valence-corrected chi connectivity index (χ0v) is 14.1. The lowest BCUT2D eigenvalue weighted by molar-refractivity contribution is -0.136. The number of hydrogen-bond donors (Lipinski definition) is 1. The van der Waals surface area contributed by atoms with Gasteiger partial charge >= 0.3 is 0 Å². The van der Waals surface area contributed by atoms with Gasteiger partial charge in [-0.1, -0.05) is 0 Å². The largest absolute Gasteiger partial charge is 0.355 e. The Balaban J connectivity index is 1.87. The molecule has 1 atom stereocenters. The molecule has 0 unspecified atom stereocenters. The van der Waals surface area contributed by atoms with Crippen molar-refractivity contribution in [2.45, 2.75) is 31.0 Å². The van der Waals surface area contributed by atoms with Crippen LogP contribution in [0.4, 0.5) is 0 Å². The molecule has 0 bridgehead atoms. The fraction of sp³-hybridized carbons (Fsp3) is 0.857. The highest BCUT2D eigenvalue weighted by Crippen LogP contribution is 2.64. The molecule has 1 N–H and O–H groups in total. The van der Waals surface area contributed by atoms with Crippen LogP contribution < -0.4 is 5.32 Å². The van der Waals surface area contributed by atoms with Gasteiger partial charge in [0.15, 0.2) is 0 Å². The van der Waals surface area contributed by atoms with Gasteiger partial charge in [0, 0.05) is 32.7 Å². The highest BCUT2D eigenvalue weighted by Gasteiger charge is 2.68. The molecule has 1 saturated carbocycles. The molecule has 0 aromatic rings. The van der Waals surface area contributed by atoms with Crippen molar-refractivity contribution in [2.75, 3.05) is 39.3 Å². The molecule has 5 nitrogen and oxygen atoms in total. The maximum absolute atomic E-state index is 12.5. The number of amides is 2. The molecular formula is C14H23Cl2N3O2.